The lowest BCUT2D eigenvalue weighted by Gasteiger charge is -2.18. The third kappa shape index (κ3) is 3.36. The van der Waals surface area contributed by atoms with E-state index in [1.165, 1.54) is 21.9 Å². The molecule has 3 nitrogen and oxygen atoms in total. The van der Waals surface area contributed by atoms with Gasteiger partial charge in [-0.25, -0.2) is 4.98 Å². The zero-order chi connectivity index (χ0) is 23.4. The van der Waals surface area contributed by atoms with Crippen molar-refractivity contribution in [2.75, 3.05) is 0 Å². The third-order valence-corrected chi connectivity index (χ3v) is 6.63. The van der Waals surface area contributed by atoms with Crippen molar-refractivity contribution in [3.63, 3.8) is 0 Å². The number of benzene rings is 3. The van der Waals surface area contributed by atoms with Gasteiger partial charge < -0.3 is 4.42 Å². The van der Waals surface area contributed by atoms with Crippen LogP contribution in [-0.4, -0.2) is 9.97 Å². The Hall–Kier alpha value is -3.98. The Labute approximate surface area is 199 Å². The smallest absolute Gasteiger partial charge is 0.160 e. The Morgan fingerprint density at radius 3 is 2.44 bits per heavy atom. The molecule has 166 valence electrons. The number of pyridine rings is 2. The van der Waals surface area contributed by atoms with E-state index < -0.39 is 0 Å². The van der Waals surface area contributed by atoms with E-state index in [2.05, 4.69) is 94.4 Å². The monoisotopic (exact) mass is 442 g/mol. The van der Waals surface area contributed by atoms with Crippen molar-refractivity contribution in [2.24, 2.45) is 0 Å². The molecular weight excluding hydrogens is 416 g/mol. The van der Waals surface area contributed by atoms with Crippen molar-refractivity contribution in [2.45, 2.75) is 33.1 Å². The van der Waals surface area contributed by atoms with Crippen molar-refractivity contribution in [3.8, 4) is 22.4 Å². The normalized spacial score (nSPS) is 12.1. The fourth-order valence-corrected chi connectivity index (χ4v) is 4.72. The number of aromatic nitrogens is 2. The maximum absolute atomic E-state index is 5.85. The number of furan rings is 1. The van der Waals surface area contributed by atoms with Crippen LogP contribution in [0.15, 0.2) is 89.7 Å². The minimum Gasteiger partial charge on any atom is -0.462 e. The molecule has 6 aromatic rings. The van der Waals surface area contributed by atoms with Gasteiger partial charge in [0.05, 0.1) is 12.0 Å². The van der Waals surface area contributed by atoms with E-state index in [1.54, 1.807) is 6.26 Å². The first kappa shape index (κ1) is 20.6. The van der Waals surface area contributed by atoms with Gasteiger partial charge in [0.2, 0.25) is 0 Å². The lowest BCUT2D eigenvalue weighted by molar-refractivity contribution is 0.570. The Bertz CT molecular complexity index is 1700. The molecule has 0 aliphatic heterocycles. The Morgan fingerprint density at radius 1 is 0.765 bits per heavy atom. The molecule has 0 radical (unpaired) electrons. The number of hydrogen-bond donors (Lipinski definition) is 0. The summed E-state index contributed by atoms with van der Waals surface area (Å²) < 4.78 is 5.85. The average Bonchev–Trinajstić information content (AvgIpc) is 3.32. The maximum atomic E-state index is 5.85. The van der Waals surface area contributed by atoms with E-state index in [0.717, 1.165) is 44.4 Å². The Balaban J connectivity index is 1.54. The number of rotatable bonds is 2. The van der Waals surface area contributed by atoms with Gasteiger partial charge in [-0.15, -0.1) is 0 Å². The molecule has 0 amide bonds. The molecular formula is C31H26N2O. The van der Waals surface area contributed by atoms with Crippen LogP contribution < -0.4 is 0 Å². The summed E-state index contributed by atoms with van der Waals surface area (Å²) in [7, 11) is 0. The summed E-state index contributed by atoms with van der Waals surface area (Å²) >= 11 is 0. The standard InChI is InChI=1S/C31H26N2O/c1-19-6-5-7-22-16-20(8-9-24(19)22)21-12-14-32-27(18-21)26-17-23-13-15-34-30(23)29-25(26)10-11-28(33-29)31(2,3)4/h5-18H,1-4H3. The molecule has 0 bridgehead atoms. The van der Waals surface area contributed by atoms with Crippen molar-refractivity contribution in [1.29, 1.82) is 0 Å². The molecule has 0 unspecified atom stereocenters. The van der Waals surface area contributed by atoms with Gasteiger partial charge in [-0.05, 0) is 70.8 Å². The van der Waals surface area contributed by atoms with Crippen LogP contribution in [0.4, 0.5) is 0 Å². The van der Waals surface area contributed by atoms with Crippen molar-refractivity contribution in [1.82, 2.24) is 9.97 Å². The molecule has 0 aliphatic carbocycles. The lowest BCUT2D eigenvalue weighted by atomic mass is 9.90. The van der Waals surface area contributed by atoms with Gasteiger partial charge in [0.25, 0.3) is 0 Å². The fraction of sp³-hybridized carbons (Fsp3) is 0.161. The fourth-order valence-electron chi connectivity index (χ4n) is 4.72. The van der Waals surface area contributed by atoms with E-state index in [1.807, 2.05) is 12.3 Å². The zero-order valence-corrected chi connectivity index (χ0v) is 19.9. The minimum atomic E-state index is -0.0459. The minimum absolute atomic E-state index is 0.0459. The van der Waals surface area contributed by atoms with E-state index in [9.17, 15) is 0 Å². The van der Waals surface area contributed by atoms with Gasteiger partial charge in [0, 0.05) is 33.6 Å². The molecule has 3 heterocycles. The van der Waals surface area contributed by atoms with Gasteiger partial charge in [-0.2, -0.15) is 0 Å². The molecule has 34 heavy (non-hydrogen) atoms. The summed E-state index contributed by atoms with van der Waals surface area (Å²) in [6.45, 7) is 8.70. The Morgan fingerprint density at radius 2 is 1.59 bits per heavy atom. The topological polar surface area (TPSA) is 38.9 Å². The summed E-state index contributed by atoms with van der Waals surface area (Å²) in [5.74, 6) is 0. The number of nitrogens with zero attached hydrogens (tertiary/aromatic N) is 2. The molecule has 0 atom stereocenters. The molecule has 3 heteroatoms. The van der Waals surface area contributed by atoms with Gasteiger partial charge in [0.15, 0.2) is 5.58 Å². The van der Waals surface area contributed by atoms with Gasteiger partial charge in [-0.1, -0.05) is 57.2 Å². The highest BCUT2D eigenvalue weighted by molar-refractivity contribution is 6.09. The molecule has 0 saturated carbocycles. The van der Waals surface area contributed by atoms with E-state index in [-0.39, 0.29) is 5.41 Å². The molecule has 3 aromatic carbocycles. The first-order valence-electron chi connectivity index (χ1n) is 11.7. The van der Waals surface area contributed by atoms with Gasteiger partial charge >= 0.3 is 0 Å². The van der Waals surface area contributed by atoms with Crippen LogP contribution in [0.25, 0.3) is 55.0 Å². The summed E-state index contributed by atoms with van der Waals surface area (Å²) in [5.41, 5.74) is 8.33. The van der Waals surface area contributed by atoms with E-state index in [0.29, 0.717) is 0 Å². The zero-order valence-electron chi connectivity index (χ0n) is 19.9. The second-order valence-electron chi connectivity index (χ2n) is 10.0. The van der Waals surface area contributed by atoms with Crippen LogP contribution in [0.1, 0.15) is 32.0 Å². The largest absolute Gasteiger partial charge is 0.462 e. The molecule has 6 rings (SSSR count). The van der Waals surface area contributed by atoms with Crippen molar-refractivity contribution in [3.05, 3.63) is 96.5 Å². The van der Waals surface area contributed by atoms with Crippen LogP contribution in [0.5, 0.6) is 0 Å². The first-order chi connectivity index (χ1) is 16.4. The summed E-state index contributed by atoms with van der Waals surface area (Å²) in [5, 5.41) is 4.63. The second-order valence-corrected chi connectivity index (χ2v) is 10.0. The first-order valence-corrected chi connectivity index (χ1v) is 11.7. The van der Waals surface area contributed by atoms with Crippen molar-refractivity contribution >= 4 is 32.6 Å². The molecule has 0 aliphatic rings. The molecule has 3 aromatic heterocycles. The molecule has 0 N–H and O–H groups in total. The highest BCUT2D eigenvalue weighted by Crippen LogP contribution is 2.37. The quantitative estimate of drug-likeness (QED) is 0.270. The predicted octanol–water partition coefficient (Wildman–Crippen LogP) is 8.47. The van der Waals surface area contributed by atoms with Gasteiger partial charge in [0.1, 0.15) is 5.52 Å². The second kappa shape index (κ2) is 7.53. The van der Waals surface area contributed by atoms with E-state index >= 15 is 0 Å². The summed E-state index contributed by atoms with van der Waals surface area (Å²) in [4.78, 5) is 9.80. The lowest BCUT2D eigenvalue weighted by Crippen LogP contribution is -2.13. The third-order valence-electron chi connectivity index (χ3n) is 6.63. The Kier molecular flexibility index (Phi) is 4.56. The molecule has 0 saturated heterocycles. The van der Waals surface area contributed by atoms with Crippen LogP contribution >= 0.6 is 0 Å². The number of fused-ring (bicyclic) bond motifs is 4. The molecule has 0 fully saturated rings. The maximum Gasteiger partial charge on any atom is 0.160 e. The number of hydrogen-bond acceptors (Lipinski definition) is 3. The number of aryl methyl sites for hydroxylation is 1. The SMILES string of the molecule is Cc1cccc2cc(-c3ccnc(-c4cc5ccoc5c5nc(C(C)(C)C)ccc45)c3)ccc12. The van der Waals surface area contributed by atoms with Crippen LogP contribution in [0.3, 0.4) is 0 Å². The van der Waals surface area contributed by atoms with E-state index in [4.69, 9.17) is 14.4 Å². The average molecular weight is 443 g/mol. The van der Waals surface area contributed by atoms with Crippen molar-refractivity contribution < 1.29 is 4.42 Å². The summed E-state index contributed by atoms with van der Waals surface area (Å²) in [6.07, 6.45) is 3.63. The highest BCUT2D eigenvalue weighted by Gasteiger charge is 2.19. The highest BCUT2D eigenvalue weighted by atomic mass is 16.3. The van der Waals surface area contributed by atoms with Crippen LogP contribution in [0, 0.1) is 6.92 Å². The van der Waals surface area contributed by atoms with Crippen LogP contribution in [-0.2, 0) is 5.41 Å². The van der Waals surface area contributed by atoms with Crippen LogP contribution in [0.2, 0.25) is 0 Å². The predicted molar refractivity (Wildman–Crippen MR) is 141 cm³/mol. The van der Waals surface area contributed by atoms with Gasteiger partial charge in [-0.3, -0.25) is 4.98 Å². The summed E-state index contributed by atoms with van der Waals surface area (Å²) in [6, 6.07) is 25.8. The molecule has 0 spiro atoms.